The zero-order valence-electron chi connectivity index (χ0n) is 7.74. The van der Waals surface area contributed by atoms with Crippen molar-refractivity contribution in [2.24, 2.45) is 0 Å². The van der Waals surface area contributed by atoms with Crippen LogP contribution in [0.5, 0.6) is 0 Å². The second kappa shape index (κ2) is 6.34. The fourth-order valence-corrected chi connectivity index (χ4v) is 0.617. The molecule has 0 spiro atoms. The summed E-state index contributed by atoms with van der Waals surface area (Å²) in [6, 6.07) is 0. The lowest BCUT2D eigenvalue weighted by molar-refractivity contribution is 0.305. The molecule has 0 radical (unpaired) electrons. The minimum absolute atomic E-state index is 0.679. The third-order valence-electron chi connectivity index (χ3n) is 1.06. The van der Waals surface area contributed by atoms with Gasteiger partial charge in [-0.2, -0.15) is 0 Å². The van der Waals surface area contributed by atoms with Crippen LogP contribution in [0.3, 0.4) is 0 Å². The average molecular weight is 166 g/mol. The topological polar surface area (TPSA) is 38.9 Å². The van der Waals surface area contributed by atoms with E-state index in [2.05, 4.69) is 21.5 Å². The molecule has 0 saturated carbocycles. The van der Waals surface area contributed by atoms with Crippen LogP contribution < -0.4 is 0 Å². The number of hydrogen-bond acceptors (Lipinski definition) is 3. The maximum atomic E-state index is 4.47. The van der Waals surface area contributed by atoms with Crippen molar-refractivity contribution < 1.29 is 4.63 Å². The van der Waals surface area contributed by atoms with Gasteiger partial charge in [0.25, 0.3) is 0 Å². The fraction of sp³-hybridized carbons (Fsp3) is 0.333. The smallest absolute Gasteiger partial charge is 0.134 e. The zero-order chi connectivity index (χ0) is 9.40. The largest absolute Gasteiger partial charge is 0.243 e. The summed E-state index contributed by atoms with van der Waals surface area (Å²) in [4.78, 5) is 0. The monoisotopic (exact) mass is 166 g/mol. The third-order valence-corrected chi connectivity index (χ3v) is 1.06. The molecule has 0 unspecified atom stereocenters. The van der Waals surface area contributed by atoms with Gasteiger partial charge in [0.1, 0.15) is 11.4 Å². The van der Waals surface area contributed by atoms with Crippen LogP contribution >= 0.6 is 0 Å². The Bertz CT molecular complexity index is 251. The summed E-state index contributed by atoms with van der Waals surface area (Å²) in [5.74, 6) is 0. The summed E-state index contributed by atoms with van der Waals surface area (Å²) in [6.07, 6.45) is 5.28. The van der Waals surface area contributed by atoms with E-state index in [1.165, 1.54) is 0 Å². The van der Waals surface area contributed by atoms with Crippen molar-refractivity contribution in [2.45, 2.75) is 20.8 Å². The SMILES string of the molecule is C=Cc1nonc1/C=C\C.CC. The van der Waals surface area contributed by atoms with Gasteiger partial charge in [0.15, 0.2) is 0 Å². The van der Waals surface area contributed by atoms with Crippen LogP contribution in [-0.2, 0) is 0 Å². The van der Waals surface area contributed by atoms with Crippen LogP contribution in [-0.4, -0.2) is 10.3 Å². The van der Waals surface area contributed by atoms with Crippen molar-refractivity contribution in [1.29, 1.82) is 0 Å². The summed E-state index contributed by atoms with van der Waals surface area (Å²) in [5.41, 5.74) is 1.40. The Morgan fingerprint density at radius 3 is 2.33 bits per heavy atom. The van der Waals surface area contributed by atoms with Crippen molar-refractivity contribution in [3.05, 3.63) is 24.0 Å². The molecule has 1 aromatic rings. The highest BCUT2D eigenvalue weighted by molar-refractivity contribution is 5.56. The van der Waals surface area contributed by atoms with E-state index >= 15 is 0 Å². The van der Waals surface area contributed by atoms with Gasteiger partial charge in [0.2, 0.25) is 0 Å². The Morgan fingerprint density at radius 1 is 1.25 bits per heavy atom. The van der Waals surface area contributed by atoms with Crippen LogP contribution in [0, 0.1) is 0 Å². The van der Waals surface area contributed by atoms with Crippen molar-refractivity contribution in [3.63, 3.8) is 0 Å². The fourth-order valence-electron chi connectivity index (χ4n) is 0.617. The Hall–Kier alpha value is -1.38. The molecule has 0 bridgehead atoms. The van der Waals surface area contributed by atoms with Crippen molar-refractivity contribution in [3.8, 4) is 0 Å². The summed E-state index contributed by atoms with van der Waals surface area (Å²) in [7, 11) is 0. The molecule has 0 aliphatic rings. The van der Waals surface area contributed by atoms with E-state index in [0.717, 1.165) is 5.69 Å². The maximum Gasteiger partial charge on any atom is 0.134 e. The van der Waals surface area contributed by atoms with Crippen molar-refractivity contribution in [1.82, 2.24) is 10.3 Å². The highest BCUT2D eigenvalue weighted by Crippen LogP contribution is 2.05. The van der Waals surface area contributed by atoms with Crippen molar-refractivity contribution in [2.75, 3.05) is 0 Å². The number of rotatable bonds is 2. The van der Waals surface area contributed by atoms with Gasteiger partial charge in [0, 0.05) is 0 Å². The summed E-state index contributed by atoms with van der Waals surface area (Å²) < 4.78 is 4.47. The molecule has 1 rings (SSSR count). The van der Waals surface area contributed by atoms with Crippen LogP contribution in [0.2, 0.25) is 0 Å². The predicted molar refractivity (Wildman–Crippen MR) is 50.4 cm³/mol. The molecule has 1 heterocycles. The highest BCUT2D eigenvalue weighted by atomic mass is 16.6. The van der Waals surface area contributed by atoms with Gasteiger partial charge in [-0.15, -0.1) is 0 Å². The Balaban J connectivity index is 0.000000561. The summed E-state index contributed by atoms with van der Waals surface area (Å²) >= 11 is 0. The number of hydrogen-bond donors (Lipinski definition) is 0. The average Bonchev–Trinajstić information content (AvgIpc) is 2.56. The lowest BCUT2D eigenvalue weighted by Gasteiger charge is -1.79. The van der Waals surface area contributed by atoms with E-state index in [-0.39, 0.29) is 0 Å². The molecular weight excluding hydrogens is 152 g/mol. The number of allylic oxidation sites excluding steroid dienone is 1. The van der Waals surface area contributed by atoms with E-state index in [4.69, 9.17) is 0 Å². The maximum absolute atomic E-state index is 4.47. The molecule has 12 heavy (non-hydrogen) atoms. The van der Waals surface area contributed by atoms with Gasteiger partial charge < -0.3 is 0 Å². The van der Waals surface area contributed by atoms with Crippen LogP contribution in [0.15, 0.2) is 17.3 Å². The van der Waals surface area contributed by atoms with E-state index in [1.807, 2.05) is 32.9 Å². The van der Waals surface area contributed by atoms with Gasteiger partial charge in [0.05, 0.1) is 0 Å². The van der Waals surface area contributed by atoms with Crippen molar-refractivity contribution >= 4 is 12.2 Å². The second-order valence-electron chi connectivity index (χ2n) is 1.74. The molecule has 66 valence electrons. The molecule has 0 saturated heterocycles. The van der Waals surface area contributed by atoms with Gasteiger partial charge >= 0.3 is 0 Å². The molecule has 0 aromatic carbocycles. The normalized spacial score (nSPS) is 9.25. The molecule has 0 aliphatic heterocycles. The van der Waals surface area contributed by atoms with E-state index in [0.29, 0.717) is 5.69 Å². The predicted octanol–water partition coefficient (Wildman–Crippen LogP) is 2.77. The Kier molecular flexibility index (Phi) is 5.61. The molecule has 3 heteroatoms. The minimum Gasteiger partial charge on any atom is -0.243 e. The molecule has 1 aromatic heterocycles. The first kappa shape index (κ1) is 10.6. The lowest BCUT2D eigenvalue weighted by atomic mass is 10.3. The number of aromatic nitrogens is 2. The first-order valence-corrected chi connectivity index (χ1v) is 3.96. The highest BCUT2D eigenvalue weighted by Gasteiger charge is 1.99. The Labute approximate surface area is 72.7 Å². The van der Waals surface area contributed by atoms with Gasteiger partial charge in [-0.1, -0.05) is 26.5 Å². The van der Waals surface area contributed by atoms with Gasteiger partial charge in [-0.25, -0.2) is 4.63 Å². The van der Waals surface area contributed by atoms with Crippen LogP contribution in [0.25, 0.3) is 12.2 Å². The molecule has 0 N–H and O–H groups in total. The van der Waals surface area contributed by atoms with E-state index in [9.17, 15) is 0 Å². The minimum atomic E-state index is 0.679. The zero-order valence-corrected chi connectivity index (χ0v) is 7.74. The number of nitrogens with zero attached hydrogens (tertiary/aromatic N) is 2. The molecule has 0 atom stereocenters. The first-order valence-electron chi connectivity index (χ1n) is 3.96. The molecule has 3 nitrogen and oxygen atoms in total. The molecule has 0 aliphatic carbocycles. The van der Waals surface area contributed by atoms with Gasteiger partial charge in [-0.3, -0.25) is 0 Å². The van der Waals surface area contributed by atoms with Crippen LogP contribution in [0.1, 0.15) is 32.2 Å². The molecular formula is C9H14N2O. The van der Waals surface area contributed by atoms with E-state index in [1.54, 1.807) is 6.08 Å². The molecule has 0 fully saturated rings. The standard InChI is InChI=1S/C7H8N2O.C2H6/c1-3-5-7-6(4-2)8-10-9-7;1-2/h3-5H,2H2,1H3;1-2H3/b5-3-;. The van der Waals surface area contributed by atoms with E-state index < -0.39 is 0 Å². The Morgan fingerprint density at radius 2 is 1.83 bits per heavy atom. The lowest BCUT2D eigenvalue weighted by Crippen LogP contribution is -1.74. The van der Waals surface area contributed by atoms with Gasteiger partial charge in [-0.05, 0) is 29.4 Å². The van der Waals surface area contributed by atoms with Crippen LogP contribution in [0.4, 0.5) is 0 Å². The second-order valence-corrected chi connectivity index (χ2v) is 1.74. The molecule has 0 amide bonds. The summed E-state index contributed by atoms with van der Waals surface area (Å²) in [6.45, 7) is 9.45. The quantitative estimate of drug-likeness (QED) is 0.678. The third kappa shape index (κ3) is 2.70. The first-order chi connectivity index (χ1) is 5.88. The summed E-state index contributed by atoms with van der Waals surface area (Å²) in [5, 5.41) is 7.23.